The molecule has 3 N–H and O–H groups in total. The predicted molar refractivity (Wildman–Crippen MR) is 271 cm³/mol. The van der Waals surface area contributed by atoms with Crippen molar-refractivity contribution >= 4 is 40.1 Å². The van der Waals surface area contributed by atoms with E-state index < -0.39 is 66.7 Å². The van der Waals surface area contributed by atoms with Gasteiger partial charge in [0.15, 0.2) is 0 Å². The summed E-state index contributed by atoms with van der Waals surface area (Å²) < 4.78 is 60.9. The Morgan fingerprint density at radius 1 is 1.08 bits per heavy atom. The third kappa shape index (κ3) is 11.6. The van der Waals surface area contributed by atoms with Crippen LogP contribution in [-0.2, 0) is 46.2 Å². The number of amides is 3. The summed E-state index contributed by atoms with van der Waals surface area (Å²) in [6, 6.07) is 5.13. The van der Waals surface area contributed by atoms with E-state index in [0.717, 1.165) is 88.4 Å². The van der Waals surface area contributed by atoms with Gasteiger partial charge in [0, 0.05) is 78.4 Å². The van der Waals surface area contributed by atoms with E-state index in [9.17, 15) is 28.3 Å². The summed E-state index contributed by atoms with van der Waals surface area (Å²) in [5.74, 6) is -0.994. The molecule has 5 aliphatic rings. The smallest absolute Gasteiger partial charge is 0.324 e. The first-order valence-corrected chi connectivity index (χ1v) is 26.8. The molecule has 0 unspecified atom stereocenters. The van der Waals surface area contributed by atoms with E-state index in [1.807, 2.05) is 33.0 Å². The van der Waals surface area contributed by atoms with Crippen molar-refractivity contribution in [3.8, 4) is 22.5 Å². The van der Waals surface area contributed by atoms with Gasteiger partial charge in [0.25, 0.3) is 12.3 Å². The highest BCUT2D eigenvalue weighted by molar-refractivity contribution is 7.10. The van der Waals surface area contributed by atoms with Crippen LogP contribution in [-0.4, -0.2) is 161 Å². The molecule has 6 bridgehead atoms. The zero-order chi connectivity index (χ0) is 51.7. The number of aromatic nitrogens is 3. The zero-order valence-corrected chi connectivity index (χ0v) is 43.9. The lowest BCUT2D eigenvalue weighted by atomic mass is 9.82. The van der Waals surface area contributed by atoms with Gasteiger partial charge in [0.05, 0.1) is 67.9 Å². The van der Waals surface area contributed by atoms with E-state index in [1.54, 1.807) is 19.4 Å². The highest BCUT2D eigenvalue weighted by atomic mass is 32.1. The van der Waals surface area contributed by atoms with Crippen molar-refractivity contribution in [2.45, 2.75) is 148 Å². The number of alkyl halides is 2. The van der Waals surface area contributed by atoms with Gasteiger partial charge in [0.1, 0.15) is 29.8 Å². The highest BCUT2D eigenvalue weighted by Gasteiger charge is 2.44. The molecule has 0 radical (unpaired) electrons. The van der Waals surface area contributed by atoms with E-state index in [0.29, 0.717) is 63.7 Å². The Balaban J connectivity index is 1.21. The number of nitrogens with one attached hydrogen (secondary N) is 2. The Bertz CT molecular complexity index is 2610. The molecule has 9 rings (SSSR count). The summed E-state index contributed by atoms with van der Waals surface area (Å²) in [4.78, 5) is 57.1. The standard InChI is InChI=1S/C53H72F2N8O9S/c1-30(2)70-20-18-61-43-11-10-34-22-37(43)39(47(61)38-23-35(25-56-45(38)32(4)68-7)33-12-15-60-17-19-69-26-36(60)21-33)24-53(5,6)29-72-51(66)40-9-8-14-63(59-40)50(65)46(58-52(67)62-16-13-42(62)31(3)64)48(71-27-44(54)55)49-57-41(34)28-73-49/h10-11,22-23,25,28,30-33,36,40,42,44,46,48,59,64H,8-9,12-21,24,26-27,29H2,1-7H3,(H,58,67)/t31-,32+,33-,36+,40+,42+,46+,48+/m1/s1. The molecule has 17 nitrogen and oxygen atoms in total. The first-order valence-electron chi connectivity index (χ1n) is 26.0. The molecule has 5 aliphatic heterocycles. The molecule has 8 heterocycles. The Morgan fingerprint density at radius 3 is 2.64 bits per heavy atom. The predicted octanol–water partition coefficient (Wildman–Crippen LogP) is 7.01. The van der Waals surface area contributed by atoms with Crippen LogP contribution >= 0.6 is 11.3 Å². The number of methoxy groups -OCH3 is 1. The second kappa shape index (κ2) is 22.7. The molecule has 1 aromatic carbocycles. The Labute approximate surface area is 430 Å². The Hall–Kier alpha value is -4.67. The molecule has 20 heteroatoms. The molecule has 3 amide bonds. The van der Waals surface area contributed by atoms with Crippen LogP contribution in [0.1, 0.15) is 114 Å². The van der Waals surface area contributed by atoms with Crippen LogP contribution in [0.25, 0.3) is 33.4 Å². The first kappa shape index (κ1) is 53.2. The van der Waals surface area contributed by atoms with Crippen molar-refractivity contribution in [2.75, 3.05) is 66.3 Å². The van der Waals surface area contributed by atoms with Crippen LogP contribution in [0.4, 0.5) is 13.6 Å². The normalized spacial score (nSPS) is 25.8. The Morgan fingerprint density at radius 2 is 1.90 bits per heavy atom. The molecule has 73 heavy (non-hydrogen) atoms. The summed E-state index contributed by atoms with van der Waals surface area (Å²) in [6.07, 6.45) is 0.182. The van der Waals surface area contributed by atoms with Gasteiger partial charge in [-0.1, -0.05) is 19.9 Å². The molecule has 3 aromatic heterocycles. The van der Waals surface area contributed by atoms with Gasteiger partial charge in [-0.05, 0) is 108 Å². The molecule has 4 aromatic rings. The van der Waals surface area contributed by atoms with Gasteiger partial charge in [0.2, 0.25) is 0 Å². The summed E-state index contributed by atoms with van der Waals surface area (Å²) >= 11 is 1.13. The lowest BCUT2D eigenvalue weighted by Crippen LogP contribution is -2.65. The van der Waals surface area contributed by atoms with E-state index in [-0.39, 0.29) is 36.3 Å². The number of ether oxygens (including phenoxy) is 5. The summed E-state index contributed by atoms with van der Waals surface area (Å²) in [5, 5.41) is 17.4. The number of thiazole rings is 1. The minimum Gasteiger partial charge on any atom is -0.464 e. The second-order valence-electron chi connectivity index (χ2n) is 21.4. The van der Waals surface area contributed by atoms with Gasteiger partial charge in [-0.2, -0.15) is 0 Å². The number of pyridine rings is 1. The number of halogens is 2. The van der Waals surface area contributed by atoms with Crippen molar-refractivity contribution in [3.63, 3.8) is 0 Å². The second-order valence-corrected chi connectivity index (χ2v) is 22.3. The zero-order valence-electron chi connectivity index (χ0n) is 43.1. The SMILES string of the molecule is CO[C@@H](C)c1ncc([C@@H]2CCN3CCOC[C@@H]3C2)cc1-c1c2c3cc(ccc3n1CCOC(C)C)-c1csc(n1)[C@@H](OCC(F)F)[C@H](NC(=O)N1CC[C@H]1[C@@H](C)O)C(=O)N1CCC[C@H](N1)C(=O)OCC(C)(C)C2. The number of nitrogens with zero attached hydrogens (tertiary/aromatic N) is 6. The number of cyclic esters (lactones) is 1. The number of carbonyl (C=O) groups is 3. The minimum absolute atomic E-state index is 0.0112. The highest BCUT2D eigenvalue weighted by Crippen LogP contribution is 2.44. The number of hydrogen-bond donors (Lipinski definition) is 3. The van der Waals surface area contributed by atoms with Gasteiger partial charge in [-0.15, -0.1) is 11.3 Å². The molecule has 398 valence electrons. The van der Waals surface area contributed by atoms with Gasteiger partial charge in [-0.3, -0.25) is 24.5 Å². The van der Waals surface area contributed by atoms with E-state index in [1.165, 1.54) is 9.91 Å². The Kier molecular flexibility index (Phi) is 16.5. The maximum atomic E-state index is 14.8. The largest absolute Gasteiger partial charge is 0.464 e. The van der Waals surface area contributed by atoms with Gasteiger partial charge < -0.3 is 43.6 Å². The maximum Gasteiger partial charge on any atom is 0.324 e. The summed E-state index contributed by atoms with van der Waals surface area (Å²) in [7, 11) is 1.69. The minimum atomic E-state index is -2.90. The number of rotatable bonds is 13. The maximum absolute atomic E-state index is 14.8. The van der Waals surface area contributed by atoms with Crippen molar-refractivity contribution in [3.05, 3.63) is 57.7 Å². The molecular formula is C53H72F2N8O9S. The van der Waals surface area contributed by atoms with Crippen molar-refractivity contribution in [1.82, 2.24) is 40.1 Å². The number of morpholine rings is 1. The summed E-state index contributed by atoms with van der Waals surface area (Å²) in [6.45, 7) is 15.6. The topological polar surface area (TPSA) is 182 Å². The number of hydrazine groups is 1. The number of fused-ring (bicyclic) bond motifs is 7. The molecule has 0 aliphatic carbocycles. The quantitative estimate of drug-likeness (QED) is 0.116. The molecule has 4 fully saturated rings. The molecule has 8 atom stereocenters. The third-order valence-electron chi connectivity index (χ3n) is 15.2. The van der Waals surface area contributed by atoms with Crippen LogP contribution in [0.5, 0.6) is 0 Å². The lowest BCUT2D eigenvalue weighted by molar-refractivity contribution is -0.156. The molecule has 0 spiro atoms. The molecular weight excluding hydrogens is 963 g/mol. The van der Waals surface area contributed by atoms with E-state index >= 15 is 0 Å². The number of likely N-dealkylation sites (tertiary alicyclic amines) is 1. The number of hydrogen-bond acceptors (Lipinski definition) is 14. The van der Waals surface area contributed by atoms with Crippen LogP contribution in [0.2, 0.25) is 0 Å². The van der Waals surface area contributed by atoms with Gasteiger partial charge in [-0.25, -0.2) is 24.0 Å². The van der Waals surface area contributed by atoms with Crippen molar-refractivity contribution in [2.24, 2.45) is 5.41 Å². The van der Waals surface area contributed by atoms with Crippen molar-refractivity contribution in [1.29, 1.82) is 0 Å². The van der Waals surface area contributed by atoms with E-state index in [2.05, 4.69) is 52.3 Å². The number of esters is 1. The number of aliphatic hydroxyl groups excluding tert-OH is 1. The average Bonchev–Trinajstić information content (AvgIpc) is 3.96. The number of benzene rings is 1. The van der Waals surface area contributed by atoms with Gasteiger partial charge >= 0.3 is 12.0 Å². The number of piperidine rings is 1. The van der Waals surface area contributed by atoms with Crippen LogP contribution in [0.3, 0.4) is 0 Å². The fourth-order valence-electron chi connectivity index (χ4n) is 11.2. The fraction of sp³-hybridized carbons (Fsp3) is 0.642. The molecule has 0 saturated carbocycles. The van der Waals surface area contributed by atoms with Crippen LogP contribution in [0, 0.1) is 5.41 Å². The third-order valence-corrected chi connectivity index (χ3v) is 16.1. The van der Waals surface area contributed by atoms with Crippen LogP contribution in [0.15, 0.2) is 35.8 Å². The molecule has 4 saturated heterocycles. The number of carbonyl (C=O) groups excluding carboxylic acids is 3. The average molecular weight is 1040 g/mol. The fourth-order valence-corrected chi connectivity index (χ4v) is 12.1. The van der Waals surface area contributed by atoms with Crippen molar-refractivity contribution < 1.29 is 52.0 Å². The number of aliphatic hydroxyl groups is 1. The monoisotopic (exact) mass is 1030 g/mol. The first-order chi connectivity index (χ1) is 35.0. The van der Waals surface area contributed by atoms with E-state index in [4.69, 9.17) is 33.7 Å². The summed E-state index contributed by atoms with van der Waals surface area (Å²) in [5.41, 5.74) is 9.45. The number of urea groups is 1. The van der Waals surface area contributed by atoms with Crippen LogP contribution < -0.4 is 10.7 Å². The lowest BCUT2D eigenvalue weighted by Gasteiger charge is -2.44.